The Bertz CT molecular complexity index is 935. The van der Waals surface area contributed by atoms with E-state index < -0.39 is 0 Å². The van der Waals surface area contributed by atoms with Gasteiger partial charge in [0, 0.05) is 0 Å². The van der Waals surface area contributed by atoms with Crippen LogP contribution < -0.4 is 34.0 Å². The molecule has 0 saturated carbocycles. The van der Waals surface area contributed by atoms with Gasteiger partial charge < -0.3 is 43.4 Å². The molecule has 2 aliphatic rings. The van der Waals surface area contributed by atoms with E-state index in [2.05, 4.69) is 76.2 Å². The second-order valence-corrected chi connectivity index (χ2v) is 9.24. The SMILES string of the molecule is CCc1cccc(C[C@H]2N=C(CC3=N[C@H](Cc4cccc(CC)c4)C(CC)O3)OC2CC)c1.[Br-].[Br-].[Pd+2]. The third-order valence-corrected chi connectivity index (χ3v) is 6.85. The number of hydrogen-bond donors (Lipinski definition) is 0. The predicted octanol–water partition coefficient (Wildman–Crippen LogP) is 0.144. The summed E-state index contributed by atoms with van der Waals surface area (Å²) in [5.41, 5.74) is 5.42. The minimum atomic E-state index is 0. The molecule has 2 heterocycles. The molecule has 0 fully saturated rings. The largest absolute Gasteiger partial charge is 2.00 e. The van der Waals surface area contributed by atoms with Crippen LogP contribution in [0.1, 0.15) is 69.2 Å². The maximum absolute atomic E-state index is 6.26. The Balaban J connectivity index is 0.00000216. The van der Waals surface area contributed by atoms with Crippen LogP contribution in [0.2, 0.25) is 0 Å². The van der Waals surface area contributed by atoms with Crippen LogP contribution in [0.15, 0.2) is 58.5 Å². The van der Waals surface area contributed by atoms with Crippen LogP contribution >= 0.6 is 0 Å². The fourth-order valence-electron chi connectivity index (χ4n) is 4.91. The van der Waals surface area contributed by atoms with Gasteiger partial charge >= 0.3 is 20.4 Å². The average molecular weight is 713 g/mol. The molecule has 0 aliphatic carbocycles. The van der Waals surface area contributed by atoms with Crippen molar-refractivity contribution in [3.05, 3.63) is 70.8 Å². The molecule has 0 spiro atoms. The van der Waals surface area contributed by atoms with Gasteiger partial charge in [-0.25, -0.2) is 9.98 Å². The molecule has 36 heavy (non-hydrogen) atoms. The monoisotopic (exact) mass is 710 g/mol. The van der Waals surface area contributed by atoms with Crippen molar-refractivity contribution in [1.29, 1.82) is 0 Å². The Morgan fingerprint density at radius 1 is 0.639 bits per heavy atom. The number of benzene rings is 2. The van der Waals surface area contributed by atoms with Crippen LogP contribution in [0.3, 0.4) is 0 Å². The second kappa shape index (κ2) is 16.1. The molecule has 4 rings (SSSR count). The first-order valence-corrected chi connectivity index (χ1v) is 12.7. The van der Waals surface area contributed by atoms with Crippen LogP contribution in [-0.2, 0) is 55.6 Å². The van der Waals surface area contributed by atoms with Gasteiger partial charge in [-0.1, -0.05) is 76.2 Å². The molecule has 4 atom stereocenters. The minimum Gasteiger partial charge on any atom is -1.00 e. The molecule has 0 N–H and O–H groups in total. The van der Waals surface area contributed by atoms with Crippen molar-refractivity contribution in [3.63, 3.8) is 0 Å². The summed E-state index contributed by atoms with van der Waals surface area (Å²) < 4.78 is 12.5. The normalized spacial score (nSPS) is 22.2. The zero-order valence-corrected chi connectivity index (χ0v) is 26.4. The number of aryl methyl sites for hydroxylation is 2. The van der Waals surface area contributed by atoms with Gasteiger partial charge in [-0.2, -0.15) is 0 Å². The van der Waals surface area contributed by atoms with Crippen molar-refractivity contribution in [1.82, 2.24) is 0 Å². The number of aliphatic imine (C=N–C) groups is 2. The molecule has 0 saturated heterocycles. The van der Waals surface area contributed by atoms with E-state index in [1.165, 1.54) is 22.3 Å². The summed E-state index contributed by atoms with van der Waals surface area (Å²) in [6.45, 7) is 8.75. The van der Waals surface area contributed by atoms with Crippen LogP contribution in [0, 0.1) is 0 Å². The van der Waals surface area contributed by atoms with Crippen LogP contribution in [0.25, 0.3) is 0 Å². The summed E-state index contributed by atoms with van der Waals surface area (Å²) in [6.07, 6.45) is 6.65. The molecule has 2 aromatic carbocycles. The number of hydrogen-bond acceptors (Lipinski definition) is 4. The molecule has 0 bridgehead atoms. The standard InChI is InChI=1S/C29H38N2O2.2BrH.Pd/c1-5-20-11-9-13-22(15-20)17-24-26(7-3)32-28(30-24)19-29-31-25(27(8-4)33-29)18-23-14-10-12-21(6-2)16-23;;;/h9-16,24-27H,5-8,17-19H2,1-4H3;2*1H;/q;;;+2/p-2/t24-,25-,26?,27?;;;/m1.../s1. The Labute approximate surface area is 252 Å². The molecular weight excluding hydrogens is 675 g/mol. The second-order valence-electron chi connectivity index (χ2n) is 9.24. The number of halogens is 2. The summed E-state index contributed by atoms with van der Waals surface area (Å²) in [7, 11) is 0. The van der Waals surface area contributed by atoms with Gasteiger partial charge in [-0.15, -0.1) is 0 Å². The fraction of sp³-hybridized carbons (Fsp3) is 0.517. The van der Waals surface area contributed by atoms with Gasteiger partial charge in [0.1, 0.15) is 12.2 Å². The predicted molar refractivity (Wildman–Crippen MR) is 136 cm³/mol. The van der Waals surface area contributed by atoms with E-state index in [1.54, 1.807) is 0 Å². The molecule has 2 aliphatic heterocycles. The van der Waals surface area contributed by atoms with Crippen LogP contribution in [-0.4, -0.2) is 36.1 Å². The molecule has 0 radical (unpaired) electrons. The Morgan fingerprint density at radius 2 is 1.03 bits per heavy atom. The zero-order chi connectivity index (χ0) is 23.2. The van der Waals surface area contributed by atoms with Crippen molar-refractivity contribution in [2.24, 2.45) is 9.98 Å². The summed E-state index contributed by atoms with van der Waals surface area (Å²) >= 11 is 0. The van der Waals surface area contributed by atoms with E-state index in [1.807, 2.05) is 0 Å². The van der Waals surface area contributed by atoms with Crippen molar-refractivity contribution >= 4 is 11.8 Å². The Kier molecular flexibility index (Phi) is 14.7. The number of ether oxygens (including phenoxy) is 2. The summed E-state index contributed by atoms with van der Waals surface area (Å²) in [5.74, 6) is 1.56. The molecule has 7 heteroatoms. The zero-order valence-electron chi connectivity index (χ0n) is 21.7. The molecule has 2 unspecified atom stereocenters. The van der Waals surface area contributed by atoms with Crippen molar-refractivity contribution < 1.29 is 63.9 Å². The Hall–Kier alpha value is -0.998. The molecule has 0 amide bonds. The van der Waals surface area contributed by atoms with Gasteiger partial charge in [0.05, 0.1) is 18.5 Å². The molecule has 200 valence electrons. The van der Waals surface area contributed by atoms with Gasteiger partial charge in [-0.05, 0) is 60.8 Å². The van der Waals surface area contributed by atoms with Gasteiger partial charge in [-0.3, -0.25) is 0 Å². The minimum absolute atomic E-state index is 0. The van der Waals surface area contributed by atoms with Crippen molar-refractivity contribution in [2.45, 2.75) is 96.9 Å². The van der Waals surface area contributed by atoms with Gasteiger partial charge in [0.25, 0.3) is 0 Å². The van der Waals surface area contributed by atoms with Crippen LogP contribution in [0.4, 0.5) is 0 Å². The van der Waals surface area contributed by atoms with E-state index in [0.717, 1.165) is 50.3 Å². The summed E-state index contributed by atoms with van der Waals surface area (Å²) in [4.78, 5) is 9.94. The van der Waals surface area contributed by atoms with E-state index in [4.69, 9.17) is 19.5 Å². The summed E-state index contributed by atoms with van der Waals surface area (Å²) in [6, 6.07) is 18.0. The average Bonchev–Trinajstić information content (AvgIpc) is 3.41. The third-order valence-electron chi connectivity index (χ3n) is 6.85. The van der Waals surface area contributed by atoms with Gasteiger partial charge in [0.15, 0.2) is 11.8 Å². The topological polar surface area (TPSA) is 43.2 Å². The first-order valence-electron chi connectivity index (χ1n) is 12.7. The van der Waals surface area contributed by atoms with E-state index in [-0.39, 0.29) is 78.7 Å². The number of nitrogens with zero attached hydrogens (tertiary/aromatic N) is 2. The van der Waals surface area contributed by atoms with E-state index >= 15 is 0 Å². The molecule has 2 aromatic rings. The van der Waals surface area contributed by atoms with Crippen LogP contribution in [0.5, 0.6) is 0 Å². The maximum atomic E-state index is 6.26. The van der Waals surface area contributed by atoms with Gasteiger partial charge in [0.2, 0.25) is 0 Å². The fourth-order valence-corrected chi connectivity index (χ4v) is 4.91. The molecule has 4 nitrogen and oxygen atoms in total. The first-order chi connectivity index (χ1) is 16.1. The smallest absolute Gasteiger partial charge is 1.00 e. The quantitative estimate of drug-likeness (QED) is 0.330. The molecular formula is C29H38Br2N2O2Pd. The van der Waals surface area contributed by atoms with E-state index in [0.29, 0.717) is 6.42 Å². The maximum Gasteiger partial charge on any atom is 2.00 e. The first kappa shape index (κ1) is 33.0. The number of rotatable bonds is 10. The van der Waals surface area contributed by atoms with E-state index in [9.17, 15) is 0 Å². The van der Waals surface area contributed by atoms with Crippen molar-refractivity contribution in [3.8, 4) is 0 Å². The molecule has 0 aromatic heterocycles. The third kappa shape index (κ3) is 8.52. The summed E-state index contributed by atoms with van der Waals surface area (Å²) in [5, 5.41) is 0. The Morgan fingerprint density at radius 3 is 1.39 bits per heavy atom. The van der Waals surface area contributed by atoms with Crippen molar-refractivity contribution in [2.75, 3.05) is 0 Å².